The Labute approximate surface area is 163 Å². The lowest BCUT2D eigenvalue weighted by molar-refractivity contribution is 0.0984. The van der Waals surface area contributed by atoms with Crippen molar-refractivity contribution in [3.63, 3.8) is 0 Å². The largest absolute Gasteiger partial charge is 0.323 e. The highest BCUT2D eigenvalue weighted by Crippen LogP contribution is 2.30. The summed E-state index contributed by atoms with van der Waals surface area (Å²) in [5, 5.41) is 3.75. The molecule has 6 heteroatoms. The van der Waals surface area contributed by atoms with Gasteiger partial charge in [0.2, 0.25) is 5.95 Å². The average Bonchev–Trinajstić information content (AvgIpc) is 3.08. The first-order valence-electron chi connectivity index (χ1n) is 8.79. The number of nitrogens with one attached hydrogen (secondary N) is 1. The van der Waals surface area contributed by atoms with E-state index in [2.05, 4.69) is 21.4 Å². The van der Waals surface area contributed by atoms with Gasteiger partial charge in [-0.15, -0.1) is 0 Å². The van der Waals surface area contributed by atoms with Crippen LogP contribution in [0.15, 0.2) is 48.7 Å². The van der Waals surface area contributed by atoms with Crippen molar-refractivity contribution >= 4 is 34.8 Å². The van der Waals surface area contributed by atoms with E-state index >= 15 is 0 Å². The fourth-order valence-electron chi connectivity index (χ4n) is 3.41. The van der Waals surface area contributed by atoms with Gasteiger partial charge < -0.3 is 10.2 Å². The Balaban J connectivity index is 1.61. The number of rotatable bonds is 3. The molecule has 1 amide bonds. The minimum atomic E-state index is -0.128. The topological polar surface area (TPSA) is 58.1 Å². The van der Waals surface area contributed by atoms with Gasteiger partial charge >= 0.3 is 0 Å². The summed E-state index contributed by atoms with van der Waals surface area (Å²) < 4.78 is 0. The first-order chi connectivity index (χ1) is 13.0. The van der Waals surface area contributed by atoms with Gasteiger partial charge in [-0.05, 0) is 55.2 Å². The van der Waals surface area contributed by atoms with Crippen LogP contribution in [0, 0.1) is 13.8 Å². The van der Waals surface area contributed by atoms with Crippen molar-refractivity contribution in [3.05, 3.63) is 76.1 Å². The van der Waals surface area contributed by atoms with E-state index in [9.17, 15) is 4.79 Å². The quantitative estimate of drug-likeness (QED) is 0.718. The summed E-state index contributed by atoms with van der Waals surface area (Å²) in [5.74, 6) is 0.222. The first kappa shape index (κ1) is 17.5. The number of anilines is 3. The summed E-state index contributed by atoms with van der Waals surface area (Å²) in [4.78, 5) is 23.4. The Morgan fingerprint density at radius 3 is 2.81 bits per heavy atom. The highest BCUT2D eigenvalue weighted by molar-refractivity contribution is 6.33. The predicted molar refractivity (Wildman–Crippen MR) is 108 cm³/mol. The number of halogens is 1. The van der Waals surface area contributed by atoms with Crippen LogP contribution in [0.2, 0.25) is 5.02 Å². The summed E-state index contributed by atoms with van der Waals surface area (Å²) in [5.41, 5.74) is 5.31. The highest BCUT2D eigenvalue weighted by atomic mass is 35.5. The number of aromatic nitrogens is 2. The average molecular weight is 379 g/mol. The van der Waals surface area contributed by atoms with Crippen LogP contribution < -0.4 is 10.2 Å². The Morgan fingerprint density at radius 1 is 1.19 bits per heavy atom. The minimum Gasteiger partial charge on any atom is -0.323 e. The molecule has 2 aromatic carbocycles. The molecule has 0 radical (unpaired) electrons. The number of carbonyl (C=O) groups excluding carboxylic acids is 1. The maximum atomic E-state index is 13.0. The summed E-state index contributed by atoms with van der Waals surface area (Å²) in [6.07, 6.45) is 2.44. The van der Waals surface area contributed by atoms with E-state index in [4.69, 9.17) is 11.6 Å². The van der Waals surface area contributed by atoms with Crippen LogP contribution in [0.1, 0.15) is 27.2 Å². The van der Waals surface area contributed by atoms with Gasteiger partial charge in [-0.25, -0.2) is 9.97 Å². The van der Waals surface area contributed by atoms with Crippen LogP contribution in [0.5, 0.6) is 0 Å². The van der Waals surface area contributed by atoms with Crippen LogP contribution in [0.25, 0.3) is 0 Å². The molecular weight excluding hydrogens is 360 g/mol. The molecule has 27 heavy (non-hydrogen) atoms. The molecule has 0 atom stereocenters. The van der Waals surface area contributed by atoms with Crippen molar-refractivity contribution in [2.24, 2.45) is 0 Å². The normalized spacial score (nSPS) is 12.8. The van der Waals surface area contributed by atoms with Gasteiger partial charge in [-0.1, -0.05) is 35.9 Å². The molecule has 0 fully saturated rings. The molecule has 0 unspecified atom stereocenters. The second kappa shape index (κ2) is 7.00. The lowest BCUT2D eigenvalue weighted by Gasteiger charge is -2.17. The molecule has 0 saturated heterocycles. The van der Waals surface area contributed by atoms with Gasteiger partial charge in [0.25, 0.3) is 5.91 Å². The third-order valence-corrected chi connectivity index (χ3v) is 4.97. The zero-order valence-electron chi connectivity index (χ0n) is 15.2. The number of aryl methyl sites for hydroxylation is 2. The van der Waals surface area contributed by atoms with Crippen LogP contribution in [-0.4, -0.2) is 22.4 Å². The molecular formula is C21H19ClN4O. The fraction of sp³-hybridized carbons (Fsp3) is 0.190. The minimum absolute atomic E-state index is 0.128. The third kappa shape index (κ3) is 3.38. The molecule has 0 bridgehead atoms. The van der Waals surface area contributed by atoms with E-state index < -0.39 is 0 Å². The Kier molecular flexibility index (Phi) is 4.54. The number of hydrogen-bond donors (Lipinski definition) is 1. The van der Waals surface area contributed by atoms with E-state index in [0.29, 0.717) is 23.2 Å². The maximum absolute atomic E-state index is 13.0. The second-order valence-electron chi connectivity index (χ2n) is 6.66. The zero-order chi connectivity index (χ0) is 19.0. The van der Waals surface area contributed by atoms with Crippen molar-refractivity contribution in [2.75, 3.05) is 16.8 Å². The SMILES string of the molecule is Cc1cc(C)c(Nc2nccc(C(=O)N3CCc4ccccc43)n2)c(Cl)c1. The number of amides is 1. The van der Waals surface area contributed by atoms with Crippen molar-refractivity contribution in [1.82, 2.24) is 9.97 Å². The van der Waals surface area contributed by atoms with E-state index in [-0.39, 0.29) is 5.91 Å². The zero-order valence-corrected chi connectivity index (χ0v) is 15.9. The molecule has 0 aliphatic carbocycles. The summed E-state index contributed by atoms with van der Waals surface area (Å²) in [6.45, 7) is 4.62. The molecule has 1 N–H and O–H groups in total. The number of para-hydroxylation sites is 1. The molecule has 2 heterocycles. The lowest BCUT2D eigenvalue weighted by Crippen LogP contribution is -2.29. The molecule has 0 saturated carbocycles. The Hall–Kier alpha value is -2.92. The lowest BCUT2D eigenvalue weighted by atomic mass is 10.1. The Morgan fingerprint density at radius 2 is 2.00 bits per heavy atom. The molecule has 5 nitrogen and oxygen atoms in total. The number of benzene rings is 2. The number of nitrogens with zero attached hydrogens (tertiary/aromatic N) is 3. The second-order valence-corrected chi connectivity index (χ2v) is 7.07. The standard InChI is InChI=1S/C21H19ClN4O/c1-13-11-14(2)19(16(22)12-13)25-21-23-9-7-17(24-21)20(27)26-10-8-15-5-3-4-6-18(15)26/h3-7,9,11-12H,8,10H2,1-2H3,(H,23,24,25). The molecule has 0 spiro atoms. The van der Waals surface area contributed by atoms with Crippen LogP contribution in [-0.2, 0) is 6.42 Å². The third-order valence-electron chi connectivity index (χ3n) is 4.68. The summed E-state index contributed by atoms with van der Waals surface area (Å²) >= 11 is 6.35. The van der Waals surface area contributed by atoms with Gasteiger partial charge in [0, 0.05) is 18.4 Å². The number of hydrogen-bond acceptors (Lipinski definition) is 4. The van der Waals surface area contributed by atoms with Crippen LogP contribution >= 0.6 is 11.6 Å². The van der Waals surface area contributed by atoms with Gasteiger partial charge in [0.05, 0.1) is 10.7 Å². The Bertz CT molecular complexity index is 1010. The summed E-state index contributed by atoms with van der Waals surface area (Å²) in [6, 6.07) is 13.5. The van der Waals surface area contributed by atoms with E-state index in [1.165, 1.54) is 5.56 Å². The van der Waals surface area contributed by atoms with Crippen LogP contribution in [0.4, 0.5) is 17.3 Å². The van der Waals surface area contributed by atoms with Crippen LogP contribution in [0.3, 0.4) is 0 Å². The van der Waals surface area contributed by atoms with Gasteiger partial charge in [-0.3, -0.25) is 4.79 Å². The van der Waals surface area contributed by atoms with E-state index in [1.54, 1.807) is 17.2 Å². The number of fused-ring (bicyclic) bond motifs is 1. The monoisotopic (exact) mass is 378 g/mol. The molecule has 4 rings (SSSR count). The van der Waals surface area contributed by atoms with Gasteiger partial charge in [0.15, 0.2) is 0 Å². The molecule has 3 aromatic rings. The van der Waals surface area contributed by atoms with Crippen molar-refractivity contribution in [1.29, 1.82) is 0 Å². The smallest absolute Gasteiger partial charge is 0.277 e. The van der Waals surface area contributed by atoms with Crippen molar-refractivity contribution in [2.45, 2.75) is 20.3 Å². The predicted octanol–water partition coefficient (Wildman–Crippen LogP) is 4.69. The molecule has 136 valence electrons. The van der Waals surface area contributed by atoms with Crippen molar-refractivity contribution in [3.8, 4) is 0 Å². The van der Waals surface area contributed by atoms with Crippen molar-refractivity contribution < 1.29 is 4.79 Å². The van der Waals surface area contributed by atoms with E-state index in [0.717, 1.165) is 28.9 Å². The first-order valence-corrected chi connectivity index (χ1v) is 9.17. The van der Waals surface area contributed by atoms with E-state index in [1.807, 2.05) is 44.2 Å². The van der Waals surface area contributed by atoms with Gasteiger partial charge in [-0.2, -0.15) is 0 Å². The fourth-order valence-corrected chi connectivity index (χ4v) is 3.78. The van der Waals surface area contributed by atoms with Gasteiger partial charge in [0.1, 0.15) is 5.69 Å². The molecule has 1 aromatic heterocycles. The molecule has 1 aliphatic rings. The maximum Gasteiger partial charge on any atom is 0.277 e. The molecule has 1 aliphatic heterocycles. The number of carbonyl (C=O) groups is 1. The highest BCUT2D eigenvalue weighted by Gasteiger charge is 2.26. The summed E-state index contributed by atoms with van der Waals surface area (Å²) in [7, 11) is 0.